The van der Waals surface area contributed by atoms with Crippen molar-refractivity contribution in [3.63, 3.8) is 0 Å². The standard InChI is InChI=1S/C22H21NOS/c1-15-3-7-17(8-4-15)21-19-12-14-25-20(19)11-13-23(21)22(24)18-9-5-16(2)6-10-18/h3-10,12,14,21H,11,13H2,1-2H3. The Bertz CT molecular complexity index is 893. The molecule has 3 heteroatoms. The van der Waals surface area contributed by atoms with Crippen molar-refractivity contribution in [3.8, 4) is 0 Å². The lowest BCUT2D eigenvalue weighted by Gasteiger charge is -2.36. The van der Waals surface area contributed by atoms with Crippen LogP contribution in [0.4, 0.5) is 0 Å². The Kier molecular flexibility index (Phi) is 4.18. The largest absolute Gasteiger partial charge is 0.327 e. The summed E-state index contributed by atoms with van der Waals surface area (Å²) < 4.78 is 0. The predicted octanol–water partition coefficient (Wildman–Crippen LogP) is 5.15. The van der Waals surface area contributed by atoms with E-state index in [0.717, 1.165) is 18.5 Å². The van der Waals surface area contributed by atoms with Crippen LogP contribution in [0, 0.1) is 13.8 Å². The minimum atomic E-state index is 0.00408. The molecule has 126 valence electrons. The molecule has 0 saturated heterocycles. The van der Waals surface area contributed by atoms with Crippen LogP contribution in [-0.2, 0) is 6.42 Å². The number of nitrogens with zero attached hydrogens (tertiary/aromatic N) is 1. The lowest BCUT2D eigenvalue weighted by Crippen LogP contribution is -2.40. The molecular formula is C22H21NOS. The Labute approximate surface area is 152 Å². The first-order valence-electron chi connectivity index (χ1n) is 8.64. The average Bonchev–Trinajstić information content (AvgIpc) is 3.10. The summed E-state index contributed by atoms with van der Waals surface area (Å²) in [4.78, 5) is 16.7. The first-order valence-corrected chi connectivity index (χ1v) is 9.52. The number of amides is 1. The van der Waals surface area contributed by atoms with Crippen molar-refractivity contribution in [1.82, 2.24) is 4.90 Å². The maximum Gasteiger partial charge on any atom is 0.254 e. The number of benzene rings is 2. The van der Waals surface area contributed by atoms with Gasteiger partial charge in [0.05, 0.1) is 6.04 Å². The molecule has 1 aliphatic rings. The average molecular weight is 347 g/mol. The molecule has 1 unspecified atom stereocenters. The Morgan fingerprint density at radius 2 is 1.60 bits per heavy atom. The monoisotopic (exact) mass is 347 g/mol. The van der Waals surface area contributed by atoms with Gasteiger partial charge in [0, 0.05) is 17.0 Å². The number of hydrogen-bond donors (Lipinski definition) is 0. The zero-order chi connectivity index (χ0) is 17.4. The van der Waals surface area contributed by atoms with Crippen LogP contribution < -0.4 is 0 Å². The minimum Gasteiger partial charge on any atom is -0.327 e. The highest BCUT2D eigenvalue weighted by Crippen LogP contribution is 2.38. The Hall–Kier alpha value is -2.39. The summed E-state index contributed by atoms with van der Waals surface area (Å²) in [6.45, 7) is 4.90. The molecule has 1 aromatic heterocycles. The van der Waals surface area contributed by atoms with Crippen molar-refractivity contribution in [2.24, 2.45) is 0 Å². The number of aryl methyl sites for hydroxylation is 2. The molecular weight excluding hydrogens is 326 g/mol. The fourth-order valence-corrected chi connectivity index (χ4v) is 4.41. The van der Waals surface area contributed by atoms with E-state index in [1.165, 1.54) is 27.1 Å². The van der Waals surface area contributed by atoms with E-state index in [0.29, 0.717) is 0 Å². The molecule has 1 atom stereocenters. The molecule has 1 aliphatic heterocycles. The van der Waals surface area contributed by atoms with E-state index in [1.807, 2.05) is 36.1 Å². The first-order chi connectivity index (χ1) is 12.1. The van der Waals surface area contributed by atoms with Crippen molar-refractivity contribution < 1.29 is 4.79 Å². The summed E-state index contributed by atoms with van der Waals surface area (Å²) in [6.07, 6.45) is 0.937. The molecule has 2 heterocycles. The fourth-order valence-electron chi connectivity index (χ4n) is 3.51. The zero-order valence-corrected chi connectivity index (χ0v) is 15.3. The minimum absolute atomic E-state index is 0.00408. The highest BCUT2D eigenvalue weighted by atomic mass is 32.1. The van der Waals surface area contributed by atoms with Crippen LogP contribution in [0.5, 0.6) is 0 Å². The van der Waals surface area contributed by atoms with E-state index in [-0.39, 0.29) is 11.9 Å². The van der Waals surface area contributed by atoms with Gasteiger partial charge in [-0.2, -0.15) is 0 Å². The number of rotatable bonds is 2. The van der Waals surface area contributed by atoms with Crippen molar-refractivity contribution in [2.45, 2.75) is 26.3 Å². The van der Waals surface area contributed by atoms with Gasteiger partial charge in [0.2, 0.25) is 0 Å². The van der Waals surface area contributed by atoms with E-state index >= 15 is 0 Å². The Morgan fingerprint density at radius 1 is 0.960 bits per heavy atom. The van der Waals surface area contributed by atoms with Crippen LogP contribution in [0.2, 0.25) is 0 Å². The van der Waals surface area contributed by atoms with Crippen LogP contribution >= 0.6 is 11.3 Å². The Balaban J connectivity index is 1.76. The highest BCUT2D eigenvalue weighted by molar-refractivity contribution is 7.10. The normalized spacial score (nSPS) is 16.6. The van der Waals surface area contributed by atoms with E-state index in [4.69, 9.17) is 0 Å². The first kappa shape index (κ1) is 16.1. The second kappa shape index (κ2) is 6.49. The number of hydrogen-bond acceptors (Lipinski definition) is 2. The third-order valence-corrected chi connectivity index (χ3v) is 5.91. The number of carbonyl (C=O) groups is 1. The van der Waals surface area contributed by atoms with E-state index < -0.39 is 0 Å². The summed E-state index contributed by atoms with van der Waals surface area (Å²) in [5.74, 6) is 0.113. The summed E-state index contributed by atoms with van der Waals surface area (Å²) in [5.41, 5.74) is 5.64. The lowest BCUT2D eigenvalue weighted by molar-refractivity contribution is 0.0696. The zero-order valence-electron chi connectivity index (χ0n) is 14.5. The highest BCUT2D eigenvalue weighted by Gasteiger charge is 2.33. The van der Waals surface area contributed by atoms with Gasteiger partial charge in [0.25, 0.3) is 5.91 Å². The maximum absolute atomic E-state index is 13.2. The van der Waals surface area contributed by atoms with Gasteiger partial charge in [0.15, 0.2) is 0 Å². The molecule has 2 nitrogen and oxygen atoms in total. The molecule has 1 amide bonds. The van der Waals surface area contributed by atoms with E-state index in [2.05, 4.69) is 42.6 Å². The van der Waals surface area contributed by atoms with Gasteiger partial charge in [-0.05, 0) is 55.0 Å². The lowest BCUT2D eigenvalue weighted by atomic mass is 9.92. The summed E-state index contributed by atoms with van der Waals surface area (Å²) in [5, 5.41) is 2.14. The second-order valence-electron chi connectivity index (χ2n) is 6.73. The fraction of sp³-hybridized carbons (Fsp3) is 0.227. The molecule has 2 aromatic carbocycles. The third-order valence-electron chi connectivity index (χ3n) is 4.92. The van der Waals surface area contributed by atoms with Crippen molar-refractivity contribution >= 4 is 17.2 Å². The van der Waals surface area contributed by atoms with Gasteiger partial charge < -0.3 is 4.90 Å². The SMILES string of the molecule is Cc1ccc(C(=O)N2CCc3sccc3C2c2ccc(C)cc2)cc1. The Morgan fingerprint density at radius 3 is 2.28 bits per heavy atom. The topological polar surface area (TPSA) is 20.3 Å². The van der Waals surface area contributed by atoms with Crippen molar-refractivity contribution in [3.05, 3.63) is 92.7 Å². The number of fused-ring (bicyclic) bond motifs is 1. The van der Waals surface area contributed by atoms with Crippen LogP contribution in [0.1, 0.15) is 43.5 Å². The van der Waals surface area contributed by atoms with Crippen LogP contribution in [0.25, 0.3) is 0 Å². The van der Waals surface area contributed by atoms with Gasteiger partial charge in [-0.3, -0.25) is 4.79 Å². The molecule has 0 radical (unpaired) electrons. The van der Waals surface area contributed by atoms with Gasteiger partial charge in [0.1, 0.15) is 0 Å². The summed E-state index contributed by atoms with van der Waals surface area (Å²) in [6, 6.07) is 18.6. The van der Waals surface area contributed by atoms with E-state index in [1.54, 1.807) is 11.3 Å². The smallest absolute Gasteiger partial charge is 0.254 e. The summed E-state index contributed by atoms with van der Waals surface area (Å²) in [7, 11) is 0. The van der Waals surface area contributed by atoms with Crippen LogP contribution in [-0.4, -0.2) is 17.4 Å². The van der Waals surface area contributed by atoms with Crippen molar-refractivity contribution in [1.29, 1.82) is 0 Å². The quantitative estimate of drug-likeness (QED) is 0.627. The van der Waals surface area contributed by atoms with Crippen LogP contribution in [0.15, 0.2) is 60.0 Å². The van der Waals surface area contributed by atoms with Crippen LogP contribution in [0.3, 0.4) is 0 Å². The van der Waals surface area contributed by atoms with Gasteiger partial charge in [-0.1, -0.05) is 47.5 Å². The van der Waals surface area contributed by atoms with Crippen molar-refractivity contribution in [2.75, 3.05) is 6.54 Å². The molecule has 0 N–H and O–H groups in total. The molecule has 4 rings (SSSR count). The van der Waals surface area contributed by atoms with Gasteiger partial charge in [-0.25, -0.2) is 0 Å². The molecule has 0 bridgehead atoms. The molecule has 0 saturated carbocycles. The predicted molar refractivity (Wildman–Crippen MR) is 103 cm³/mol. The molecule has 0 fully saturated rings. The van der Waals surface area contributed by atoms with E-state index in [9.17, 15) is 4.79 Å². The third kappa shape index (κ3) is 3.00. The second-order valence-corrected chi connectivity index (χ2v) is 7.73. The van der Waals surface area contributed by atoms with Gasteiger partial charge >= 0.3 is 0 Å². The molecule has 0 spiro atoms. The molecule has 25 heavy (non-hydrogen) atoms. The number of thiophene rings is 1. The summed E-state index contributed by atoms with van der Waals surface area (Å²) >= 11 is 1.80. The maximum atomic E-state index is 13.2. The molecule has 0 aliphatic carbocycles. The molecule has 3 aromatic rings. The van der Waals surface area contributed by atoms with Gasteiger partial charge in [-0.15, -0.1) is 11.3 Å². The number of carbonyl (C=O) groups excluding carboxylic acids is 1.